The van der Waals surface area contributed by atoms with E-state index in [0.29, 0.717) is 0 Å². The van der Waals surface area contributed by atoms with Crippen LogP contribution >= 0.6 is 0 Å². The van der Waals surface area contributed by atoms with Gasteiger partial charge in [-0.2, -0.15) is 0 Å². The average molecular weight is 361 g/mol. The van der Waals surface area contributed by atoms with Gasteiger partial charge < -0.3 is 15.0 Å². The second kappa shape index (κ2) is 7.99. The number of benzene rings is 1. The molecule has 1 aromatic carbocycles. The Morgan fingerprint density at radius 2 is 1.96 bits per heavy atom. The Morgan fingerprint density at radius 1 is 1.27 bits per heavy atom. The lowest BCUT2D eigenvalue weighted by Crippen LogP contribution is -2.44. The molecule has 0 aromatic heterocycles. The SMILES string of the molecule is CNC(=O)NC(=O)[C@@H](C)OC(=O)[C@H]1CC(=O)N(c2cccc(C)c2C)C1. The highest BCUT2D eigenvalue weighted by molar-refractivity contribution is 6.01. The van der Waals surface area contributed by atoms with Gasteiger partial charge in [0.2, 0.25) is 5.91 Å². The van der Waals surface area contributed by atoms with Gasteiger partial charge in [0, 0.05) is 25.7 Å². The van der Waals surface area contributed by atoms with Gasteiger partial charge in [0.15, 0.2) is 6.10 Å². The molecule has 1 aliphatic heterocycles. The molecule has 1 heterocycles. The van der Waals surface area contributed by atoms with Crippen molar-refractivity contribution < 1.29 is 23.9 Å². The third-order valence-electron chi connectivity index (χ3n) is 4.45. The Balaban J connectivity index is 2.01. The molecule has 2 atom stereocenters. The van der Waals surface area contributed by atoms with Crippen molar-refractivity contribution in [3.05, 3.63) is 29.3 Å². The normalized spacial score (nSPS) is 17.6. The fraction of sp³-hybridized carbons (Fsp3) is 0.444. The molecule has 4 amide bonds. The first-order chi connectivity index (χ1) is 12.2. The Kier molecular flexibility index (Phi) is 5.97. The average Bonchev–Trinajstić information content (AvgIpc) is 2.98. The largest absolute Gasteiger partial charge is 0.452 e. The number of aryl methyl sites for hydroxylation is 1. The first-order valence-corrected chi connectivity index (χ1v) is 8.34. The van der Waals surface area contributed by atoms with Crippen molar-refractivity contribution in [3.8, 4) is 0 Å². The number of ether oxygens (including phenoxy) is 1. The van der Waals surface area contributed by atoms with Crippen LogP contribution in [0.3, 0.4) is 0 Å². The molecular formula is C18H23N3O5. The minimum Gasteiger partial charge on any atom is -0.452 e. The zero-order chi connectivity index (χ0) is 19.4. The molecule has 8 nitrogen and oxygen atoms in total. The van der Waals surface area contributed by atoms with E-state index >= 15 is 0 Å². The molecule has 140 valence electrons. The highest BCUT2D eigenvalue weighted by Crippen LogP contribution is 2.30. The topological polar surface area (TPSA) is 105 Å². The molecular weight excluding hydrogens is 338 g/mol. The fourth-order valence-corrected chi connectivity index (χ4v) is 2.73. The molecule has 26 heavy (non-hydrogen) atoms. The van der Waals surface area contributed by atoms with Crippen LogP contribution in [-0.4, -0.2) is 43.5 Å². The monoisotopic (exact) mass is 361 g/mol. The number of amides is 4. The molecule has 0 spiro atoms. The van der Waals surface area contributed by atoms with E-state index in [4.69, 9.17) is 4.74 Å². The lowest BCUT2D eigenvalue weighted by atomic mass is 10.1. The molecule has 0 unspecified atom stereocenters. The van der Waals surface area contributed by atoms with Gasteiger partial charge in [-0.3, -0.25) is 19.7 Å². The first-order valence-electron chi connectivity index (χ1n) is 8.34. The number of nitrogens with one attached hydrogen (secondary N) is 2. The third-order valence-corrected chi connectivity index (χ3v) is 4.45. The van der Waals surface area contributed by atoms with Gasteiger partial charge >= 0.3 is 12.0 Å². The molecule has 2 N–H and O–H groups in total. The number of imide groups is 1. The predicted molar refractivity (Wildman–Crippen MR) is 94.5 cm³/mol. The second-order valence-electron chi connectivity index (χ2n) is 6.27. The summed E-state index contributed by atoms with van der Waals surface area (Å²) in [6, 6.07) is 4.97. The smallest absolute Gasteiger partial charge is 0.321 e. The summed E-state index contributed by atoms with van der Waals surface area (Å²) < 4.78 is 5.12. The van der Waals surface area contributed by atoms with Gasteiger partial charge in [0.25, 0.3) is 5.91 Å². The molecule has 0 saturated carbocycles. The summed E-state index contributed by atoms with van der Waals surface area (Å²) in [6.07, 6.45) is -1.11. The molecule has 8 heteroatoms. The number of rotatable bonds is 4. The number of anilines is 1. The van der Waals surface area contributed by atoms with Gasteiger partial charge in [-0.05, 0) is 38.0 Å². The van der Waals surface area contributed by atoms with Crippen LogP contribution < -0.4 is 15.5 Å². The van der Waals surface area contributed by atoms with Gasteiger partial charge in [-0.15, -0.1) is 0 Å². The summed E-state index contributed by atoms with van der Waals surface area (Å²) in [5.74, 6) is -2.18. The van der Waals surface area contributed by atoms with Crippen LogP contribution in [0.25, 0.3) is 0 Å². The fourth-order valence-electron chi connectivity index (χ4n) is 2.73. The van der Waals surface area contributed by atoms with E-state index in [1.165, 1.54) is 14.0 Å². The maximum absolute atomic E-state index is 12.3. The summed E-state index contributed by atoms with van der Waals surface area (Å²) in [6.45, 7) is 5.45. The summed E-state index contributed by atoms with van der Waals surface area (Å²) in [5, 5.41) is 4.27. The number of urea groups is 1. The quantitative estimate of drug-likeness (QED) is 0.780. The highest BCUT2D eigenvalue weighted by atomic mass is 16.5. The molecule has 0 bridgehead atoms. The summed E-state index contributed by atoms with van der Waals surface area (Å²) >= 11 is 0. The van der Waals surface area contributed by atoms with Crippen LogP contribution in [-0.2, 0) is 19.1 Å². The number of hydrogen-bond acceptors (Lipinski definition) is 5. The van der Waals surface area contributed by atoms with E-state index < -0.39 is 29.9 Å². The Bertz CT molecular complexity index is 746. The van der Waals surface area contributed by atoms with E-state index in [2.05, 4.69) is 5.32 Å². The van der Waals surface area contributed by atoms with E-state index in [9.17, 15) is 19.2 Å². The van der Waals surface area contributed by atoms with Gasteiger partial charge in [-0.1, -0.05) is 12.1 Å². The Hall–Kier alpha value is -2.90. The van der Waals surface area contributed by atoms with Crippen molar-refractivity contribution in [2.24, 2.45) is 5.92 Å². The van der Waals surface area contributed by atoms with Crippen LogP contribution in [0.4, 0.5) is 10.5 Å². The zero-order valence-electron chi connectivity index (χ0n) is 15.3. The van der Waals surface area contributed by atoms with Crippen LogP contribution in [0, 0.1) is 19.8 Å². The third kappa shape index (κ3) is 4.19. The minimum absolute atomic E-state index is 0.0238. The van der Waals surface area contributed by atoms with Crippen molar-refractivity contribution in [2.45, 2.75) is 33.3 Å². The van der Waals surface area contributed by atoms with Crippen LogP contribution in [0.1, 0.15) is 24.5 Å². The van der Waals surface area contributed by atoms with Crippen LogP contribution in [0.15, 0.2) is 18.2 Å². The zero-order valence-corrected chi connectivity index (χ0v) is 15.3. The summed E-state index contributed by atoms with van der Waals surface area (Å²) in [5.41, 5.74) is 2.81. The maximum Gasteiger partial charge on any atom is 0.321 e. The van der Waals surface area contributed by atoms with E-state index in [1.807, 2.05) is 37.4 Å². The number of hydrogen-bond donors (Lipinski definition) is 2. The van der Waals surface area contributed by atoms with Gasteiger partial charge in [0.05, 0.1) is 5.92 Å². The Labute approximate surface area is 151 Å². The Morgan fingerprint density at radius 3 is 2.62 bits per heavy atom. The lowest BCUT2D eigenvalue weighted by Gasteiger charge is -2.20. The number of esters is 1. The standard InChI is InChI=1S/C18H23N3O5/c1-10-6-5-7-14(11(10)2)21-9-13(8-15(21)22)17(24)26-12(3)16(23)20-18(25)19-4/h5-7,12-13H,8-9H2,1-4H3,(H2,19,20,23,25)/t12-,13+/m1/s1. The molecule has 2 rings (SSSR count). The molecule has 0 radical (unpaired) electrons. The number of nitrogens with zero attached hydrogens (tertiary/aromatic N) is 1. The van der Waals surface area contributed by atoms with Crippen molar-refractivity contribution in [1.82, 2.24) is 10.6 Å². The summed E-state index contributed by atoms with van der Waals surface area (Å²) in [7, 11) is 1.37. The first kappa shape index (κ1) is 19.4. The van der Waals surface area contributed by atoms with E-state index in [0.717, 1.165) is 16.8 Å². The highest BCUT2D eigenvalue weighted by Gasteiger charge is 2.38. The van der Waals surface area contributed by atoms with Crippen LogP contribution in [0.5, 0.6) is 0 Å². The van der Waals surface area contributed by atoms with Crippen LogP contribution in [0.2, 0.25) is 0 Å². The molecule has 0 aliphatic carbocycles. The molecule has 1 aromatic rings. The van der Waals surface area contributed by atoms with E-state index in [-0.39, 0.29) is 18.9 Å². The van der Waals surface area contributed by atoms with Crippen molar-refractivity contribution in [3.63, 3.8) is 0 Å². The van der Waals surface area contributed by atoms with Crippen molar-refractivity contribution in [2.75, 3.05) is 18.5 Å². The predicted octanol–water partition coefficient (Wildman–Crippen LogP) is 1.04. The molecule has 1 aliphatic rings. The summed E-state index contributed by atoms with van der Waals surface area (Å²) in [4.78, 5) is 49.1. The van der Waals surface area contributed by atoms with Crippen molar-refractivity contribution >= 4 is 29.5 Å². The molecule has 1 fully saturated rings. The van der Waals surface area contributed by atoms with Gasteiger partial charge in [0.1, 0.15) is 0 Å². The van der Waals surface area contributed by atoms with Crippen molar-refractivity contribution in [1.29, 1.82) is 0 Å². The van der Waals surface area contributed by atoms with E-state index in [1.54, 1.807) is 4.90 Å². The maximum atomic E-state index is 12.3. The number of carbonyl (C=O) groups excluding carboxylic acids is 4. The molecule has 1 saturated heterocycles. The minimum atomic E-state index is -1.13. The lowest BCUT2D eigenvalue weighted by molar-refractivity contribution is -0.158. The number of carbonyl (C=O) groups is 4. The second-order valence-corrected chi connectivity index (χ2v) is 6.27. The van der Waals surface area contributed by atoms with Gasteiger partial charge in [-0.25, -0.2) is 4.79 Å².